The first-order chi connectivity index (χ1) is 9.97. The van der Waals surface area contributed by atoms with E-state index in [9.17, 15) is 14.0 Å². The third kappa shape index (κ3) is 4.17. The molecule has 2 amide bonds. The molecule has 2 N–H and O–H groups in total. The Hall–Kier alpha value is -1.62. The number of rotatable bonds is 4. The molecule has 0 radical (unpaired) electrons. The van der Waals surface area contributed by atoms with Gasteiger partial charge in [0, 0.05) is 6.92 Å². The molecule has 0 spiro atoms. The van der Waals surface area contributed by atoms with Crippen LogP contribution in [0.2, 0.25) is 5.02 Å². The maximum atomic E-state index is 13.0. The summed E-state index contributed by atoms with van der Waals surface area (Å²) in [6, 6.07) is 3.20. The second-order valence-electron chi connectivity index (χ2n) is 5.34. The molecule has 0 unspecified atom stereocenters. The largest absolute Gasteiger partial charge is 0.344 e. The lowest BCUT2D eigenvalue weighted by atomic mass is 9.97. The summed E-state index contributed by atoms with van der Waals surface area (Å²) in [5.41, 5.74) is 0.344. The Bertz CT molecular complexity index is 544. The number of amides is 2. The van der Waals surface area contributed by atoms with Crippen LogP contribution in [0.5, 0.6) is 0 Å². The second kappa shape index (κ2) is 6.89. The molecule has 1 aromatic carbocycles. The van der Waals surface area contributed by atoms with Crippen LogP contribution < -0.4 is 10.6 Å². The van der Waals surface area contributed by atoms with Gasteiger partial charge in [0.2, 0.25) is 11.8 Å². The Morgan fingerprint density at radius 1 is 1.33 bits per heavy atom. The van der Waals surface area contributed by atoms with Gasteiger partial charge in [0.25, 0.3) is 0 Å². The zero-order chi connectivity index (χ0) is 15.4. The molecule has 1 atom stereocenters. The van der Waals surface area contributed by atoms with Gasteiger partial charge >= 0.3 is 0 Å². The van der Waals surface area contributed by atoms with Crippen molar-refractivity contribution in [3.63, 3.8) is 0 Å². The summed E-state index contributed by atoms with van der Waals surface area (Å²) in [7, 11) is 0. The van der Waals surface area contributed by atoms with Crippen LogP contribution >= 0.6 is 11.6 Å². The van der Waals surface area contributed by atoms with Crippen LogP contribution in [0, 0.1) is 11.7 Å². The van der Waals surface area contributed by atoms with Crippen molar-refractivity contribution >= 4 is 29.1 Å². The summed E-state index contributed by atoms with van der Waals surface area (Å²) in [6.07, 6.45) is 3.95. The normalized spacial score (nSPS) is 16.5. The van der Waals surface area contributed by atoms with Crippen molar-refractivity contribution in [1.82, 2.24) is 5.32 Å². The fourth-order valence-corrected chi connectivity index (χ4v) is 2.92. The van der Waals surface area contributed by atoms with E-state index in [-0.39, 0.29) is 22.8 Å². The Balaban J connectivity index is 2.11. The van der Waals surface area contributed by atoms with E-state index in [4.69, 9.17) is 11.6 Å². The summed E-state index contributed by atoms with van der Waals surface area (Å²) in [6.45, 7) is 1.39. The average Bonchev–Trinajstić information content (AvgIpc) is 2.92. The minimum Gasteiger partial charge on any atom is -0.344 e. The van der Waals surface area contributed by atoms with Crippen LogP contribution in [0.4, 0.5) is 10.1 Å². The lowest BCUT2D eigenvalue weighted by Gasteiger charge is -2.23. The van der Waals surface area contributed by atoms with Crippen molar-refractivity contribution in [3.8, 4) is 0 Å². The highest BCUT2D eigenvalue weighted by atomic mass is 35.5. The molecule has 1 aliphatic rings. The maximum Gasteiger partial charge on any atom is 0.247 e. The fraction of sp³-hybridized carbons (Fsp3) is 0.467. The zero-order valence-electron chi connectivity index (χ0n) is 11.8. The van der Waals surface area contributed by atoms with E-state index in [1.165, 1.54) is 19.1 Å². The third-order valence-electron chi connectivity index (χ3n) is 3.70. The van der Waals surface area contributed by atoms with E-state index in [1.807, 2.05) is 0 Å². The molecule has 1 saturated carbocycles. The Morgan fingerprint density at radius 2 is 2.00 bits per heavy atom. The Morgan fingerprint density at radius 3 is 2.57 bits per heavy atom. The van der Waals surface area contributed by atoms with Crippen LogP contribution in [0.1, 0.15) is 32.6 Å². The molecule has 0 aromatic heterocycles. The van der Waals surface area contributed by atoms with Crippen molar-refractivity contribution in [2.75, 3.05) is 5.32 Å². The molecule has 4 nitrogen and oxygen atoms in total. The van der Waals surface area contributed by atoms with Crippen LogP contribution in [0.15, 0.2) is 18.2 Å². The molecular formula is C15H18ClFN2O2. The van der Waals surface area contributed by atoms with Crippen molar-refractivity contribution in [2.24, 2.45) is 5.92 Å². The van der Waals surface area contributed by atoms with Gasteiger partial charge in [-0.2, -0.15) is 0 Å². The molecule has 21 heavy (non-hydrogen) atoms. The molecule has 1 aromatic rings. The van der Waals surface area contributed by atoms with Gasteiger partial charge in [-0.05, 0) is 37.0 Å². The number of halogens is 2. The van der Waals surface area contributed by atoms with E-state index in [2.05, 4.69) is 10.6 Å². The second-order valence-corrected chi connectivity index (χ2v) is 5.74. The molecule has 114 valence electrons. The summed E-state index contributed by atoms with van der Waals surface area (Å²) < 4.78 is 13.0. The number of benzene rings is 1. The predicted molar refractivity (Wildman–Crippen MR) is 79.6 cm³/mol. The Kier molecular flexibility index (Phi) is 5.17. The van der Waals surface area contributed by atoms with E-state index in [0.29, 0.717) is 5.69 Å². The molecule has 1 fully saturated rings. The Labute approximate surface area is 128 Å². The first-order valence-electron chi connectivity index (χ1n) is 7.00. The lowest BCUT2D eigenvalue weighted by molar-refractivity contribution is -0.126. The van der Waals surface area contributed by atoms with Crippen LogP contribution in [0.3, 0.4) is 0 Å². The van der Waals surface area contributed by atoms with Crippen LogP contribution in [-0.2, 0) is 9.59 Å². The van der Waals surface area contributed by atoms with E-state index < -0.39 is 11.9 Å². The van der Waals surface area contributed by atoms with Crippen LogP contribution in [-0.4, -0.2) is 17.9 Å². The monoisotopic (exact) mass is 312 g/mol. The molecule has 0 bridgehead atoms. The van der Waals surface area contributed by atoms with Crippen molar-refractivity contribution in [1.29, 1.82) is 0 Å². The zero-order valence-corrected chi connectivity index (χ0v) is 12.5. The van der Waals surface area contributed by atoms with Crippen LogP contribution in [0.25, 0.3) is 0 Å². The SMILES string of the molecule is CC(=O)N[C@H](C(=O)Nc1ccc(F)cc1Cl)C1CCCC1. The standard InChI is InChI=1S/C15H18ClFN2O2/c1-9(20)18-14(10-4-2-3-5-10)15(21)19-13-7-6-11(17)8-12(13)16/h6-8,10,14H,2-5H2,1H3,(H,18,20)(H,19,21)/t14-/m0/s1. The van der Waals surface area contributed by atoms with Crippen molar-refractivity contribution < 1.29 is 14.0 Å². The van der Waals surface area contributed by atoms with Gasteiger partial charge < -0.3 is 10.6 Å². The highest BCUT2D eigenvalue weighted by Crippen LogP contribution is 2.29. The number of anilines is 1. The predicted octanol–water partition coefficient (Wildman–Crippen LogP) is 3.11. The third-order valence-corrected chi connectivity index (χ3v) is 4.01. The topological polar surface area (TPSA) is 58.2 Å². The van der Waals surface area contributed by atoms with Gasteiger partial charge in [0.1, 0.15) is 11.9 Å². The molecule has 0 heterocycles. The summed E-state index contributed by atoms with van der Waals surface area (Å²) in [5, 5.41) is 5.51. The van der Waals surface area contributed by atoms with Gasteiger partial charge in [0.05, 0.1) is 10.7 Å². The number of carbonyl (C=O) groups excluding carboxylic acids is 2. The molecule has 0 aliphatic heterocycles. The summed E-state index contributed by atoms with van der Waals surface area (Å²) in [5.74, 6) is -0.891. The van der Waals surface area contributed by atoms with Gasteiger partial charge in [-0.25, -0.2) is 4.39 Å². The smallest absolute Gasteiger partial charge is 0.247 e. The minimum atomic E-state index is -0.578. The number of nitrogens with one attached hydrogen (secondary N) is 2. The number of hydrogen-bond donors (Lipinski definition) is 2. The molecule has 0 saturated heterocycles. The van der Waals surface area contributed by atoms with E-state index in [0.717, 1.165) is 31.7 Å². The highest BCUT2D eigenvalue weighted by Gasteiger charge is 2.31. The number of carbonyl (C=O) groups is 2. The van der Waals surface area contributed by atoms with Crippen molar-refractivity contribution in [2.45, 2.75) is 38.6 Å². The molecular weight excluding hydrogens is 295 g/mol. The molecule has 2 rings (SSSR count). The molecule has 6 heteroatoms. The van der Waals surface area contributed by atoms with Gasteiger partial charge in [-0.15, -0.1) is 0 Å². The maximum absolute atomic E-state index is 13.0. The molecule has 1 aliphatic carbocycles. The van der Waals surface area contributed by atoms with Gasteiger partial charge in [-0.3, -0.25) is 9.59 Å². The van der Waals surface area contributed by atoms with Gasteiger partial charge in [-0.1, -0.05) is 24.4 Å². The van der Waals surface area contributed by atoms with E-state index in [1.54, 1.807) is 0 Å². The first-order valence-corrected chi connectivity index (χ1v) is 7.38. The minimum absolute atomic E-state index is 0.133. The van der Waals surface area contributed by atoms with Gasteiger partial charge in [0.15, 0.2) is 0 Å². The van der Waals surface area contributed by atoms with E-state index >= 15 is 0 Å². The summed E-state index contributed by atoms with van der Waals surface area (Å²) in [4.78, 5) is 23.7. The fourth-order valence-electron chi connectivity index (χ4n) is 2.71. The quantitative estimate of drug-likeness (QED) is 0.897. The summed E-state index contributed by atoms with van der Waals surface area (Å²) >= 11 is 5.90. The van der Waals surface area contributed by atoms with Crippen molar-refractivity contribution in [3.05, 3.63) is 29.0 Å². The lowest BCUT2D eigenvalue weighted by Crippen LogP contribution is -2.47. The first kappa shape index (κ1) is 15.8. The average molecular weight is 313 g/mol. The number of hydrogen-bond acceptors (Lipinski definition) is 2. The highest BCUT2D eigenvalue weighted by molar-refractivity contribution is 6.33.